The SMILES string of the molecule is Cc1ccc2nc[nH]c(=O)c2c1Sc1ccncc1.Cl.Cl. The number of aromatic amines is 1. The van der Waals surface area contributed by atoms with Crippen LogP contribution in [-0.4, -0.2) is 15.0 Å². The Hall–Kier alpha value is -1.56. The topological polar surface area (TPSA) is 58.6 Å². The van der Waals surface area contributed by atoms with Gasteiger partial charge in [-0.3, -0.25) is 9.78 Å². The zero-order valence-electron chi connectivity index (χ0n) is 11.1. The molecule has 1 aromatic carbocycles. The minimum Gasteiger partial charge on any atom is -0.313 e. The predicted molar refractivity (Wildman–Crippen MR) is 90.0 cm³/mol. The number of halogens is 2. The Labute approximate surface area is 138 Å². The molecule has 0 atom stereocenters. The van der Waals surface area contributed by atoms with Crippen molar-refractivity contribution in [2.45, 2.75) is 16.7 Å². The van der Waals surface area contributed by atoms with E-state index in [1.54, 1.807) is 24.2 Å². The van der Waals surface area contributed by atoms with Crippen LogP contribution in [0.15, 0.2) is 57.6 Å². The van der Waals surface area contributed by atoms with E-state index in [2.05, 4.69) is 15.0 Å². The Balaban J connectivity index is 0.00000110. The monoisotopic (exact) mass is 341 g/mol. The van der Waals surface area contributed by atoms with Gasteiger partial charge in [0.25, 0.3) is 5.56 Å². The van der Waals surface area contributed by atoms with Gasteiger partial charge >= 0.3 is 0 Å². The number of nitrogens with one attached hydrogen (secondary N) is 1. The fraction of sp³-hybridized carbons (Fsp3) is 0.0714. The van der Waals surface area contributed by atoms with Crippen molar-refractivity contribution in [2.24, 2.45) is 0 Å². The molecule has 0 amide bonds. The lowest BCUT2D eigenvalue weighted by Crippen LogP contribution is -2.08. The molecule has 4 nitrogen and oxygen atoms in total. The van der Waals surface area contributed by atoms with E-state index in [1.807, 2.05) is 31.2 Å². The zero-order valence-corrected chi connectivity index (χ0v) is 13.5. The molecule has 110 valence electrons. The molecule has 0 aliphatic rings. The summed E-state index contributed by atoms with van der Waals surface area (Å²) >= 11 is 1.56. The summed E-state index contributed by atoms with van der Waals surface area (Å²) in [6.45, 7) is 2.00. The van der Waals surface area contributed by atoms with Gasteiger partial charge in [-0.25, -0.2) is 4.98 Å². The second-order valence-corrected chi connectivity index (χ2v) is 5.21. The average Bonchev–Trinajstić information content (AvgIpc) is 2.43. The molecule has 1 N–H and O–H groups in total. The number of pyridine rings is 1. The Bertz CT molecular complexity index is 793. The third-order valence-electron chi connectivity index (χ3n) is 2.83. The highest BCUT2D eigenvalue weighted by molar-refractivity contribution is 7.99. The molecular weight excluding hydrogens is 329 g/mol. The van der Waals surface area contributed by atoms with Gasteiger partial charge in [0, 0.05) is 22.2 Å². The lowest BCUT2D eigenvalue weighted by Gasteiger charge is -2.08. The van der Waals surface area contributed by atoms with Gasteiger partial charge in [-0.05, 0) is 30.7 Å². The molecule has 2 aromatic heterocycles. The average molecular weight is 342 g/mol. The molecule has 2 heterocycles. The maximum Gasteiger partial charge on any atom is 0.259 e. The minimum absolute atomic E-state index is 0. The number of hydrogen-bond acceptors (Lipinski definition) is 4. The van der Waals surface area contributed by atoms with E-state index in [4.69, 9.17) is 0 Å². The van der Waals surface area contributed by atoms with Crippen LogP contribution in [0.25, 0.3) is 10.9 Å². The van der Waals surface area contributed by atoms with E-state index >= 15 is 0 Å². The molecule has 7 heteroatoms. The first-order valence-electron chi connectivity index (χ1n) is 5.80. The maximum atomic E-state index is 12.0. The number of fused-ring (bicyclic) bond motifs is 1. The highest BCUT2D eigenvalue weighted by Crippen LogP contribution is 2.33. The smallest absolute Gasteiger partial charge is 0.259 e. The molecule has 3 aromatic rings. The van der Waals surface area contributed by atoms with Crippen LogP contribution in [-0.2, 0) is 0 Å². The van der Waals surface area contributed by atoms with Crippen LogP contribution in [0, 0.1) is 6.92 Å². The van der Waals surface area contributed by atoms with Gasteiger partial charge in [0.15, 0.2) is 0 Å². The molecule has 0 spiro atoms. The van der Waals surface area contributed by atoms with Gasteiger partial charge in [0.2, 0.25) is 0 Å². The van der Waals surface area contributed by atoms with Crippen LogP contribution in [0.2, 0.25) is 0 Å². The highest BCUT2D eigenvalue weighted by atomic mass is 35.5. The lowest BCUT2D eigenvalue weighted by molar-refractivity contribution is 1.15. The first-order chi connectivity index (χ1) is 9.25. The fourth-order valence-corrected chi connectivity index (χ4v) is 2.91. The van der Waals surface area contributed by atoms with Gasteiger partial charge < -0.3 is 4.98 Å². The standard InChI is InChI=1S/C14H11N3OS.2ClH/c1-9-2-3-11-12(14(18)17-8-16-11)13(9)19-10-4-6-15-7-5-10;;/h2-8H,1H3,(H,16,17,18);2*1H. The number of hydrogen-bond donors (Lipinski definition) is 1. The summed E-state index contributed by atoms with van der Waals surface area (Å²) in [4.78, 5) is 24.8. The summed E-state index contributed by atoms with van der Waals surface area (Å²) in [5.41, 5.74) is 1.67. The third-order valence-corrected chi connectivity index (χ3v) is 4.07. The van der Waals surface area contributed by atoms with Crippen molar-refractivity contribution in [2.75, 3.05) is 0 Å². The van der Waals surface area contributed by atoms with Crippen molar-refractivity contribution in [1.29, 1.82) is 0 Å². The van der Waals surface area contributed by atoms with Gasteiger partial charge in [0.1, 0.15) is 0 Å². The first kappa shape index (κ1) is 17.5. The van der Waals surface area contributed by atoms with Gasteiger partial charge in [0.05, 0.1) is 17.2 Å². The predicted octanol–water partition coefficient (Wildman–Crippen LogP) is 3.62. The second kappa shape index (κ2) is 7.45. The number of H-pyrrole nitrogens is 1. The largest absolute Gasteiger partial charge is 0.313 e. The zero-order chi connectivity index (χ0) is 13.2. The highest BCUT2D eigenvalue weighted by Gasteiger charge is 2.10. The van der Waals surface area contributed by atoms with Gasteiger partial charge in [-0.15, -0.1) is 24.8 Å². The van der Waals surface area contributed by atoms with Crippen molar-refractivity contribution < 1.29 is 0 Å². The molecule has 0 radical (unpaired) electrons. The summed E-state index contributed by atoms with van der Waals surface area (Å²) in [5, 5.41) is 0.643. The summed E-state index contributed by atoms with van der Waals surface area (Å²) in [6, 6.07) is 7.70. The van der Waals surface area contributed by atoms with E-state index in [-0.39, 0.29) is 30.4 Å². The van der Waals surface area contributed by atoms with E-state index < -0.39 is 0 Å². The molecule has 0 aliphatic carbocycles. The summed E-state index contributed by atoms with van der Waals surface area (Å²) < 4.78 is 0. The number of aryl methyl sites for hydroxylation is 1. The van der Waals surface area contributed by atoms with Crippen molar-refractivity contribution in [3.8, 4) is 0 Å². The van der Waals surface area contributed by atoms with E-state index in [9.17, 15) is 4.79 Å². The van der Waals surface area contributed by atoms with Gasteiger partial charge in [-0.2, -0.15) is 0 Å². The molecule has 21 heavy (non-hydrogen) atoms. The van der Waals surface area contributed by atoms with Crippen molar-refractivity contribution >= 4 is 47.5 Å². The molecule has 0 fully saturated rings. The number of nitrogens with zero attached hydrogens (tertiary/aromatic N) is 2. The van der Waals surface area contributed by atoms with Crippen molar-refractivity contribution in [3.63, 3.8) is 0 Å². The first-order valence-corrected chi connectivity index (χ1v) is 6.62. The summed E-state index contributed by atoms with van der Waals surface area (Å²) in [5.74, 6) is 0. The Morgan fingerprint density at radius 2 is 1.81 bits per heavy atom. The van der Waals surface area contributed by atoms with Crippen LogP contribution in [0.4, 0.5) is 0 Å². The van der Waals surface area contributed by atoms with E-state index in [0.717, 1.165) is 15.4 Å². The number of aromatic nitrogens is 3. The van der Waals surface area contributed by atoms with Crippen molar-refractivity contribution in [3.05, 3.63) is 58.9 Å². The molecule has 3 rings (SSSR count). The number of benzene rings is 1. The molecule has 0 unspecified atom stereocenters. The Kier molecular flexibility index (Phi) is 6.20. The molecular formula is C14H13Cl2N3OS. The maximum absolute atomic E-state index is 12.0. The lowest BCUT2D eigenvalue weighted by atomic mass is 10.2. The number of rotatable bonds is 2. The van der Waals surface area contributed by atoms with Gasteiger partial charge in [-0.1, -0.05) is 17.8 Å². The van der Waals surface area contributed by atoms with Crippen LogP contribution in [0.1, 0.15) is 5.56 Å². The normalized spacial score (nSPS) is 9.76. The van der Waals surface area contributed by atoms with Crippen LogP contribution >= 0.6 is 36.6 Å². The Morgan fingerprint density at radius 1 is 1.10 bits per heavy atom. The quantitative estimate of drug-likeness (QED) is 0.773. The third kappa shape index (κ3) is 3.56. The molecule has 0 bridgehead atoms. The van der Waals surface area contributed by atoms with E-state index in [1.165, 1.54) is 6.33 Å². The second-order valence-electron chi connectivity index (χ2n) is 4.12. The van der Waals surface area contributed by atoms with Crippen LogP contribution in [0.5, 0.6) is 0 Å². The van der Waals surface area contributed by atoms with E-state index in [0.29, 0.717) is 10.9 Å². The fourth-order valence-electron chi connectivity index (χ4n) is 1.89. The van der Waals surface area contributed by atoms with Crippen molar-refractivity contribution in [1.82, 2.24) is 15.0 Å². The summed E-state index contributed by atoms with van der Waals surface area (Å²) in [7, 11) is 0. The van der Waals surface area contributed by atoms with Crippen LogP contribution < -0.4 is 5.56 Å². The van der Waals surface area contributed by atoms with Crippen LogP contribution in [0.3, 0.4) is 0 Å². The minimum atomic E-state index is -0.106. The molecule has 0 saturated carbocycles. The summed E-state index contributed by atoms with van der Waals surface area (Å²) in [6.07, 6.45) is 4.91. The molecule has 0 aliphatic heterocycles. The molecule has 0 saturated heterocycles. The Morgan fingerprint density at radius 3 is 2.52 bits per heavy atom.